The second-order valence-corrected chi connectivity index (χ2v) is 2.52. The van der Waals surface area contributed by atoms with Crippen LogP contribution in [0.5, 0.6) is 0 Å². The van der Waals surface area contributed by atoms with Crippen molar-refractivity contribution >= 4 is 11.6 Å². The molecule has 0 aromatic carbocycles. The highest BCUT2D eigenvalue weighted by molar-refractivity contribution is 6.33. The van der Waals surface area contributed by atoms with Gasteiger partial charge in [-0.25, -0.2) is 0 Å². The molecule has 0 fully saturated rings. The number of rotatable bonds is 0. The second kappa shape index (κ2) is 2.03. The van der Waals surface area contributed by atoms with Gasteiger partial charge < -0.3 is 4.42 Å². The number of hydrogen-bond acceptors (Lipinski definition) is 1. The van der Waals surface area contributed by atoms with Gasteiger partial charge in [-0.3, -0.25) is 0 Å². The van der Waals surface area contributed by atoms with E-state index in [4.69, 9.17) is 16.0 Å². The zero-order chi connectivity index (χ0) is 6.97. The van der Waals surface area contributed by atoms with E-state index in [0.717, 1.165) is 11.1 Å². The molecule has 50 valence electrons. The molecule has 10 heavy (non-hydrogen) atoms. The monoisotopic (exact) mass is 152 g/mol. The summed E-state index contributed by atoms with van der Waals surface area (Å²) in [6.45, 7) is 0. The molecule has 0 amide bonds. The van der Waals surface area contributed by atoms with E-state index in [0.29, 0.717) is 5.02 Å². The van der Waals surface area contributed by atoms with Crippen molar-refractivity contribution in [3.05, 3.63) is 35.7 Å². The third kappa shape index (κ3) is 0.711. The van der Waals surface area contributed by atoms with E-state index in [1.54, 1.807) is 6.26 Å². The molecule has 0 radical (unpaired) electrons. The standard InChI is InChI=1S/C8H5ClO/c9-8-5-10-4-6-2-1-3-7(6)8/h1-5H. The van der Waals surface area contributed by atoms with Crippen molar-refractivity contribution in [3.63, 3.8) is 0 Å². The second-order valence-electron chi connectivity index (χ2n) is 2.11. The van der Waals surface area contributed by atoms with Crippen molar-refractivity contribution in [3.8, 4) is 11.1 Å². The van der Waals surface area contributed by atoms with Crippen LogP contribution in [0.15, 0.2) is 35.1 Å². The van der Waals surface area contributed by atoms with Gasteiger partial charge in [-0.15, -0.1) is 0 Å². The molecule has 0 bridgehead atoms. The van der Waals surface area contributed by atoms with Crippen molar-refractivity contribution in [2.75, 3.05) is 0 Å². The van der Waals surface area contributed by atoms with E-state index >= 15 is 0 Å². The molecule has 0 N–H and O–H groups in total. The van der Waals surface area contributed by atoms with Gasteiger partial charge in [0, 0.05) is 11.1 Å². The van der Waals surface area contributed by atoms with Crippen LogP contribution in [0.1, 0.15) is 0 Å². The average molecular weight is 153 g/mol. The zero-order valence-corrected chi connectivity index (χ0v) is 5.93. The summed E-state index contributed by atoms with van der Waals surface area (Å²) < 4.78 is 4.95. The minimum absolute atomic E-state index is 0.669. The van der Waals surface area contributed by atoms with Crippen molar-refractivity contribution in [1.29, 1.82) is 0 Å². The molecule has 0 atom stereocenters. The van der Waals surface area contributed by atoms with Gasteiger partial charge in [0.2, 0.25) is 0 Å². The Morgan fingerprint density at radius 1 is 1.20 bits per heavy atom. The summed E-state index contributed by atoms with van der Waals surface area (Å²) in [5, 5.41) is 0.669. The average Bonchev–Trinajstić information content (AvgIpc) is 2.36. The summed E-state index contributed by atoms with van der Waals surface area (Å²) in [6.07, 6.45) is 3.21. The van der Waals surface area contributed by atoms with Crippen LogP contribution in [0.25, 0.3) is 11.1 Å². The predicted octanol–water partition coefficient (Wildman–Crippen LogP) is 3.04. The Bertz CT molecular complexity index is 313. The summed E-state index contributed by atoms with van der Waals surface area (Å²) in [5.74, 6) is 0. The summed E-state index contributed by atoms with van der Waals surface area (Å²) in [5.41, 5.74) is 2.10. The summed E-state index contributed by atoms with van der Waals surface area (Å²) in [4.78, 5) is 0. The van der Waals surface area contributed by atoms with Crippen LogP contribution in [0.4, 0.5) is 0 Å². The summed E-state index contributed by atoms with van der Waals surface area (Å²) in [6, 6.07) is 5.88. The topological polar surface area (TPSA) is 13.1 Å². The summed E-state index contributed by atoms with van der Waals surface area (Å²) >= 11 is 5.80. The van der Waals surface area contributed by atoms with Gasteiger partial charge in [0.05, 0.1) is 11.3 Å². The first-order chi connectivity index (χ1) is 4.88. The number of hydrogen-bond donors (Lipinski definition) is 0. The molecule has 0 unspecified atom stereocenters. The Morgan fingerprint density at radius 2 is 2.10 bits per heavy atom. The molecule has 1 aliphatic heterocycles. The lowest BCUT2D eigenvalue weighted by molar-refractivity contribution is 0.552. The van der Waals surface area contributed by atoms with E-state index < -0.39 is 0 Å². The SMILES string of the molecule is Clc1cocc2cccc1-2. The van der Waals surface area contributed by atoms with Crippen LogP contribution >= 0.6 is 11.6 Å². The molecule has 2 aliphatic rings. The molecule has 0 spiro atoms. The Kier molecular flexibility index (Phi) is 1.18. The van der Waals surface area contributed by atoms with E-state index in [2.05, 4.69) is 0 Å². The largest absolute Gasteiger partial charge is 0.470 e. The van der Waals surface area contributed by atoms with E-state index in [1.165, 1.54) is 6.26 Å². The lowest BCUT2D eigenvalue weighted by Gasteiger charge is -1.97. The number of fused-ring (bicyclic) bond motifs is 1. The van der Waals surface area contributed by atoms with Gasteiger partial charge in [0.1, 0.15) is 6.26 Å². The molecular weight excluding hydrogens is 148 g/mol. The first kappa shape index (κ1) is 5.81. The molecule has 1 heterocycles. The lowest BCUT2D eigenvalue weighted by Crippen LogP contribution is -1.71. The van der Waals surface area contributed by atoms with Crippen LogP contribution in [-0.4, -0.2) is 0 Å². The van der Waals surface area contributed by atoms with Crippen LogP contribution in [0, 0.1) is 0 Å². The minimum atomic E-state index is 0.669. The van der Waals surface area contributed by atoms with Crippen molar-refractivity contribution in [2.45, 2.75) is 0 Å². The molecule has 0 saturated heterocycles. The Morgan fingerprint density at radius 3 is 2.90 bits per heavy atom. The van der Waals surface area contributed by atoms with E-state index in [-0.39, 0.29) is 0 Å². The normalized spacial score (nSPS) is 10.5. The fourth-order valence-electron chi connectivity index (χ4n) is 0.985. The Hall–Kier alpha value is -0.950. The highest BCUT2D eigenvalue weighted by Gasteiger charge is 2.05. The van der Waals surface area contributed by atoms with Crippen LogP contribution in [0.3, 0.4) is 0 Å². The smallest absolute Gasteiger partial charge is 0.109 e. The fraction of sp³-hybridized carbons (Fsp3) is 0. The molecule has 0 saturated carbocycles. The van der Waals surface area contributed by atoms with Gasteiger partial charge in [-0.05, 0) is 0 Å². The quantitative estimate of drug-likeness (QED) is 0.566. The predicted molar refractivity (Wildman–Crippen MR) is 40.3 cm³/mol. The fourth-order valence-corrected chi connectivity index (χ4v) is 1.21. The Labute approximate surface area is 63.6 Å². The van der Waals surface area contributed by atoms with Gasteiger partial charge >= 0.3 is 0 Å². The van der Waals surface area contributed by atoms with Gasteiger partial charge in [-0.1, -0.05) is 29.8 Å². The highest BCUT2D eigenvalue weighted by Crippen LogP contribution is 2.29. The zero-order valence-electron chi connectivity index (χ0n) is 5.17. The third-order valence-corrected chi connectivity index (χ3v) is 1.77. The first-order valence-corrected chi connectivity index (χ1v) is 3.36. The maximum Gasteiger partial charge on any atom is 0.109 e. The van der Waals surface area contributed by atoms with Crippen molar-refractivity contribution < 1.29 is 4.42 Å². The first-order valence-electron chi connectivity index (χ1n) is 2.98. The Balaban J connectivity index is 2.80. The molecule has 1 nitrogen and oxygen atoms in total. The maximum absolute atomic E-state index is 5.80. The maximum atomic E-state index is 5.80. The van der Waals surface area contributed by atoms with Gasteiger partial charge in [-0.2, -0.15) is 0 Å². The van der Waals surface area contributed by atoms with Gasteiger partial charge in [0.25, 0.3) is 0 Å². The number of halogens is 1. The van der Waals surface area contributed by atoms with Crippen LogP contribution in [-0.2, 0) is 0 Å². The highest BCUT2D eigenvalue weighted by atomic mass is 35.5. The lowest BCUT2D eigenvalue weighted by atomic mass is 10.2. The molecule has 1 aliphatic carbocycles. The molecule has 0 aromatic heterocycles. The molecule has 2 rings (SSSR count). The summed E-state index contributed by atoms with van der Waals surface area (Å²) in [7, 11) is 0. The van der Waals surface area contributed by atoms with Crippen molar-refractivity contribution in [2.24, 2.45) is 0 Å². The van der Waals surface area contributed by atoms with Crippen molar-refractivity contribution in [1.82, 2.24) is 0 Å². The van der Waals surface area contributed by atoms with Crippen LogP contribution in [0.2, 0.25) is 5.02 Å². The van der Waals surface area contributed by atoms with E-state index in [1.807, 2.05) is 18.2 Å². The third-order valence-electron chi connectivity index (χ3n) is 1.47. The molecule has 2 heteroatoms. The minimum Gasteiger partial charge on any atom is -0.470 e. The van der Waals surface area contributed by atoms with Gasteiger partial charge in [0.15, 0.2) is 0 Å². The molecular formula is C8H5ClO. The van der Waals surface area contributed by atoms with E-state index in [9.17, 15) is 0 Å². The molecule has 0 aromatic rings. The van der Waals surface area contributed by atoms with Crippen LogP contribution < -0.4 is 0 Å².